The first-order chi connectivity index (χ1) is 11.6. The Bertz CT molecular complexity index is 863. The highest BCUT2D eigenvalue weighted by molar-refractivity contribution is 6.31. The molecule has 2 aromatic carbocycles. The van der Waals surface area contributed by atoms with Gasteiger partial charge in [0.15, 0.2) is 0 Å². The Balaban J connectivity index is 1.61. The molecule has 1 aromatic heterocycles. The average Bonchev–Trinajstić information content (AvgIpc) is 2.60. The molecule has 0 spiro atoms. The van der Waals surface area contributed by atoms with E-state index < -0.39 is 0 Å². The number of halogens is 1. The summed E-state index contributed by atoms with van der Waals surface area (Å²) in [6, 6.07) is 17.4. The van der Waals surface area contributed by atoms with Crippen molar-refractivity contribution in [1.82, 2.24) is 4.98 Å². The van der Waals surface area contributed by atoms with E-state index in [1.165, 1.54) is 0 Å². The van der Waals surface area contributed by atoms with Crippen molar-refractivity contribution in [2.45, 2.75) is 25.9 Å². The maximum absolute atomic E-state index is 12.1. The van der Waals surface area contributed by atoms with Gasteiger partial charge in [-0.15, -0.1) is 0 Å². The summed E-state index contributed by atoms with van der Waals surface area (Å²) < 4.78 is 5.52. The number of carbonyl (C=O) groups excluding carboxylic acids is 1. The van der Waals surface area contributed by atoms with Crippen LogP contribution >= 0.6 is 11.6 Å². The molecule has 0 radical (unpaired) electrons. The minimum atomic E-state index is -0.333. The van der Waals surface area contributed by atoms with Crippen molar-refractivity contribution in [1.29, 1.82) is 0 Å². The Kier molecular flexibility index (Phi) is 5.11. The van der Waals surface area contributed by atoms with Crippen LogP contribution < -0.4 is 0 Å². The van der Waals surface area contributed by atoms with Gasteiger partial charge in [0.2, 0.25) is 0 Å². The molecule has 24 heavy (non-hydrogen) atoms. The summed E-state index contributed by atoms with van der Waals surface area (Å²) in [7, 11) is 0. The minimum absolute atomic E-state index is 0.240. The molecule has 4 heteroatoms. The molecule has 1 atom stereocenters. The molecule has 0 aliphatic carbocycles. The van der Waals surface area contributed by atoms with Crippen LogP contribution in [0.5, 0.6) is 0 Å². The first-order valence-corrected chi connectivity index (χ1v) is 8.29. The Labute approximate surface area is 146 Å². The molecule has 0 aliphatic rings. The number of aromatic nitrogens is 1. The van der Waals surface area contributed by atoms with Gasteiger partial charge >= 0.3 is 5.97 Å². The molecule has 122 valence electrons. The molecule has 1 unspecified atom stereocenters. The van der Waals surface area contributed by atoms with Crippen molar-refractivity contribution in [2.24, 2.45) is 0 Å². The Morgan fingerprint density at radius 3 is 2.75 bits per heavy atom. The summed E-state index contributed by atoms with van der Waals surface area (Å²) >= 11 is 6.10. The fourth-order valence-corrected chi connectivity index (χ4v) is 2.80. The summed E-state index contributed by atoms with van der Waals surface area (Å²) in [6.45, 7) is 1.86. The normalized spacial score (nSPS) is 12.1. The molecule has 0 saturated carbocycles. The van der Waals surface area contributed by atoms with E-state index in [0.29, 0.717) is 17.9 Å². The summed E-state index contributed by atoms with van der Waals surface area (Å²) in [4.78, 5) is 16.5. The Hall–Kier alpha value is -2.39. The summed E-state index contributed by atoms with van der Waals surface area (Å²) in [5.74, 6) is -0.240. The number of nitrogens with zero attached hydrogens (tertiary/aromatic N) is 1. The zero-order valence-corrected chi connectivity index (χ0v) is 14.2. The van der Waals surface area contributed by atoms with Crippen LogP contribution in [0.3, 0.4) is 0 Å². The number of carbonyl (C=O) groups is 1. The van der Waals surface area contributed by atoms with Crippen molar-refractivity contribution >= 4 is 28.5 Å². The van der Waals surface area contributed by atoms with Gasteiger partial charge in [-0.1, -0.05) is 48.0 Å². The standard InChI is InChI=1S/C20H18ClNO2/c1-14(17-12-16-7-3-5-9-19(16)22-13-17)24-20(23)11-10-15-6-2-4-8-18(15)21/h2-9,12-14H,10-11H2,1H3. The second kappa shape index (κ2) is 7.45. The van der Waals surface area contributed by atoms with Crippen molar-refractivity contribution in [3.63, 3.8) is 0 Å². The molecule has 0 saturated heterocycles. The van der Waals surface area contributed by atoms with E-state index >= 15 is 0 Å². The highest BCUT2D eigenvalue weighted by Crippen LogP contribution is 2.22. The molecule has 1 heterocycles. The smallest absolute Gasteiger partial charge is 0.306 e. The number of hydrogen-bond acceptors (Lipinski definition) is 3. The summed E-state index contributed by atoms with van der Waals surface area (Å²) in [5, 5.41) is 1.71. The lowest BCUT2D eigenvalue weighted by molar-refractivity contribution is -0.148. The van der Waals surface area contributed by atoms with E-state index in [0.717, 1.165) is 22.0 Å². The molecule has 0 N–H and O–H groups in total. The number of ether oxygens (including phenoxy) is 1. The lowest BCUT2D eigenvalue weighted by Crippen LogP contribution is -2.10. The third-order valence-corrected chi connectivity index (χ3v) is 4.31. The number of benzene rings is 2. The van der Waals surface area contributed by atoms with Crippen LogP contribution in [-0.4, -0.2) is 11.0 Å². The molecular formula is C20H18ClNO2. The van der Waals surface area contributed by atoms with Crippen LogP contribution in [0.2, 0.25) is 5.02 Å². The predicted octanol–water partition coefficient (Wildman–Crippen LogP) is 5.13. The largest absolute Gasteiger partial charge is 0.458 e. The Morgan fingerprint density at radius 2 is 1.92 bits per heavy atom. The maximum atomic E-state index is 12.1. The van der Waals surface area contributed by atoms with E-state index in [4.69, 9.17) is 16.3 Å². The van der Waals surface area contributed by atoms with Gasteiger partial charge in [0.1, 0.15) is 6.10 Å². The van der Waals surface area contributed by atoms with Gasteiger partial charge in [-0.2, -0.15) is 0 Å². The molecule has 0 bridgehead atoms. The summed E-state index contributed by atoms with van der Waals surface area (Å²) in [6.07, 6.45) is 2.30. The van der Waals surface area contributed by atoms with Crippen LogP contribution in [0.4, 0.5) is 0 Å². The zero-order valence-electron chi connectivity index (χ0n) is 13.4. The summed E-state index contributed by atoms with van der Waals surface area (Å²) in [5.41, 5.74) is 2.77. The Morgan fingerprint density at radius 1 is 1.17 bits per heavy atom. The fourth-order valence-electron chi connectivity index (χ4n) is 2.57. The van der Waals surface area contributed by atoms with E-state index in [1.807, 2.05) is 61.5 Å². The van der Waals surface area contributed by atoms with Crippen LogP contribution in [0, 0.1) is 0 Å². The molecule has 0 aliphatic heterocycles. The van der Waals surface area contributed by atoms with Crippen molar-refractivity contribution in [3.05, 3.63) is 76.9 Å². The van der Waals surface area contributed by atoms with Gasteiger partial charge in [-0.3, -0.25) is 9.78 Å². The average molecular weight is 340 g/mol. The SMILES string of the molecule is CC(OC(=O)CCc1ccccc1Cl)c1cnc2ccccc2c1. The van der Waals surface area contributed by atoms with Crippen LogP contribution in [0.25, 0.3) is 10.9 Å². The minimum Gasteiger partial charge on any atom is -0.458 e. The van der Waals surface area contributed by atoms with Gasteiger partial charge < -0.3 is 4.74 Å². The van der Waals surface area contributed by atoms with Gasteiger partial charge in [0.05, 0.1) is 5.52 Å². The molecular weight excluding hydrogens is 322 g/mol. The number of rotatable bonds is 5. The number of fused-ring (bicyclic) bond motifs is 1. The highest BCUT2D eigenvalue weighted by atomic mass is 35.5. The lowest BCUT2D eigenvalue weighted by Gasteiger charge is -2.14. The molecule has 3 nitrogen and oxygen atoms in total. The lowest BCUT2D eigenvalue weighted by atomic mass is 10.1. The second-order valence-electron chi connectivity index (χ2n) is 5.68. The van der Waals surface area contributed by atoms with E-state index in [9.17, 15) is 4.79 Å². The molecule has 0 amide bonds. The monoisotopic (exact) mass is 339 g/mol. The highest BCUT2D eigenvalue weighted by Gasteiger charge is 2.13. The van der Waals surface area contributed by atoms with Crippen molar-refractivity contribution in [2.75, 3.05) is 0 Å². The predicted molar refractivity (Wildman–Crippen MR) is 96.0 cm³/mol. The van der Waals surface area contributed by atoms with Crippen molar-refractivity contribution < 1.29 is 9.53 Å². The van der Waals surface area contributed by atoms with Crippen LogP contribution in [-0.2, 0) is 16.0 Å². The van der Waals surface area contributed by atoms with Crippen LogP contribution in [0.15, 0.2) is 60.8 Å². The number of hydrogen-bond donors (Lipinski definition) is 0. The fraction of sp³-hybridized carbons (Fsp3) is 0.200. The quantitative estimate of drug-likeness (QED) is 0.605. The number of esters is 1. The first kappa shape index (κ1) is 16.5. The maximum Gasteiger partial charge on any atom is 0.306 e. The number of aryl methyl sites for hydroxylation is 1. The first-order valence-electron chi connectivity index (χ1n) is 7.91. The van der Waals surface area contributed by atoms with Crippen molar-refractivity contribution in [3.8, 4) is 0 Å². The van der Waals surface area contributed by atoms with Gasteiger partial charge in [-0.05, 0) is 37.1 Å². The second-order valence-corrected chi connectivity index (χ2v) is 6.09. The zero-order chi connectivity index (χ0) is 16.9. The third-order valence-electron chi connectivity index (χ3n) is 3.95. The van der Waals surface area contributed by atoms with Gasteiger partial charge in [0, 0.05) is 28.6 Å². The molecule has 3 rings (SSSR count). The van der Waals surface area contributed by atoms with Gasteiger partial charge in [-0.25, -0.2) is 0 Å². The van der Waals surface area contributed by atoms with E-state index in [2.05, 4.69) is 4.98 Å². The van der Waals surface area contributed by atoms with E-state index in [1.54, 1.807) is 6.20 Å². The number of para-hydroxylation sites is 1. The number of pyridine rings is 1. The molecule has 0 fully saturated rings. The third kappa shape index (κ3) is 3.92. The van der Waals surface area contributed by atoms with Crippen LogP contribution in [0.1, 0.15) is 30.6 Å². The van der Waals surface area contributed by atoms with E-state index in [-0.39, 0.29) is 12.1 Å². The topological polar surface area (TPSA) is 39.2 Å². The molecule has 3 aromatic rings. The van der Waals surface area contributed by atoms with Gasteiger partial charge in [0.25, 0.3) is 0 Å².